The summed E-state index contributed by atoms with van der Waals surface area (Å²) in [5, 5.41) is 4.76. The van der Waals surface area contributed by atoms with Crippen LogP contribution in [-0.2, 0) is 6.54 Å². The van der Waals surface area contributed by atoms with Crippen LogP contribution in [-0.4, -0.2) is 11.5 Å². The average Bonchev–Trinajstić information content (AvgIpc) is 2.34. The van der Waals surface area contributed by atoms with E-state index < -0.39 is 0 Å². The van der Waals surface area contributed by atoms with E-state index in [1.54, 1.807) is 0 Å². The van der Waals surface area contributed by atoms with Gasteiger partial charge in [0.05, 0.1) is 5.52 Å². The number of aromatic nitrogens is 1. The first-order valence-corrected chi connectivity index (χ1v) is 6.29. The Morgan fingerprint density at radius 2 is 1.94 bits per heavy atom. The van der Waals surface area contributed by atoms with Gasteiger partial charge in [0.1, 0.15) is 0 Å². The van der Waals surface area contributed by atoms with Crippen LogP contribution in [0, 0.1) is 13.8 Å². The third kappa shape index (κ3) is 2.47. The van der Waals surface area contributed by atoms with Crippen molar-refractivity contribution >= 4 is 10.9 Å². The number of fused-ring (bicyclic) bond motifs is 1. The van der Waals surface area contributed by atoms with E-state index in [9.17, 15) is 0 Å². The molecule has 0 unspecified atom stereocenters. The number of hydrogen-bond donors (Lipinski definition) is 1. The maximum absolute atomic E-state index is 4.64. The number of nitrogens with one attached hydrogen (secondary N) is 1. The van der Waals surface area contributed by atoms with Gasteiger partial charge in [-0.2, -0.15) is 0 Å². The molecule has 0 amide bonds. The van der Waals surface area contributed by atoms with Crippen molar-refractivity contribution in [2.24, 2.45) is 0 Å². The molecule has 2 nitrogen and oxygen atoms in total. The van der Waals surface area contributed by atoms with Crippen LogP contribution in [0.15, 0.2) is 24.3 Å². The number of rotatable bonds is 4. The molecule has 2 heteroatoms. The van der Waals surface area contributed by atoms with Crippen molar-refractivity contribution < 1.29 is 0 Å². The largest absolute Gasteiger partial charge is 0.313 e. The van der Waals surface area contributed by atoms with Gasteiger partial charge in [-0.3, -0.25) is 4.98 Å². The van der Waals surface area contributed by atoms with Crippen LogP contribution in [0.4, 0.5) is 0 Å². The summed E-state index contributed by atoms with van der Waals surface area (Å²) in [4.78, 5) is 4.64. The molecule has 0 radical (unpaired) electrons. The number of pyridine rings is 1. The zero-order chi connectivity index (χ0) is 12.3. The van der Waals surface area contributed by atoms with E-state index in [1.165, 1.54) is 22.9 Å². The second-order valence-corrected chi connectivity index (χ2v) is 4.49. The van der Waals surface area contributed by atoms with E-state index in [0.29, 0.717) is 0 Å². The van der Waals surface area contributed by atoms with Crippen molar-refractivity contribution in [3.05, 3.63) is 41.1 Å². The molecule has 0 fully saturated rings. The van der Waals surface area contributed by atoms with Crippen LogP contribution in [0.2, 0.25) is 0 Å². The van der Waals surface area contributed by atoms with E-state index in [4.69, 9.17) is 0 Å². The molecule has 2 aromatic rings. The maximum atomic E-state index is 4.64. The van der Waals surface area contributed by atoms with Gasteiger partial charge in [0.15, 0.2) is 0 Å². The van der Waals surface area contributed by atoms with Crippen LogP contribution in [0.5, 0.6) is 0 Å². The Kier molecular flexibility index (Phi) is 3.75. The van der Waals surface area contributed by atoms with Gasteiger partial charge in [-0.15, -0.1) is 0 Å². The van der Waals surface area contributed by atoms with Gasteiger partial charge in [0.25, 0.3) is 0 Å². The first-order chi connectivity index (χ1) is 8.24. The van der Waals surface area contributed by atoms with Gasteiger partial charge in [0, 0.05) is 17.6 Å². The quantitative estimate of drug-likeness (QED) is 0.812. The van der Waals surface area contributed by atoms with Crippen molar-refractivity contribution in [2.45, 2.75) is 33.7 Å². The Bertz CT molecular complexity index is 518. The fraction of sp³-hybridized carbons (Fsp3) is 0.400. The predicted molar refractivity (Wildman–Crippen MR) is 73.2 cm³/mol. The number of para-hydroxylation sites is 1. The minimum absolute atomic E-state index is 0.934. The summed E-state index contributed by atoms with van der Waals surface area (Å²) < 4.78 is 0. The topological polar surface area (TPSA) is 24.9 Å². The van der Waals surface area contributed by atoms with Gasteiger partial charge in [-0.25, -0.2) is 0 Å². The lowest BCUT2D eigenvalue weighted by molar-refractivity contribution is 0.675. The average molecular weight is 228 g/mol. The highest BCUT2D eigenvalue weighted by Gasteiger charge is 2.08. The van der Waals surface area contributed by atoms with Crippen molar-refractivity contribution in [3.8, 4) is 0 Å². The maximum Gasteiger partial charge on any atom is 0.0708 e. The van der Waals surface area contributed by atoms with Crippen LogP contribution >= 0.6 is 0 Å². The summed E-state index contributed by atoms with van der Waals surface area (Å²) in [6.07, 6.45) is 1.17. The molecule has 0 aliphatic heterocycles. The molecule has 1 aromatic carbocycles. The Labute approximate surface area is 103 Å². The van der Waals surface area contributed by atoms with Gasteiger partial charge < -0.3 is 5.32 Å². The number of aryl methyl sites for hydroxylation is 1. The third-order valence-corrected chi connectivity index (χ3v) is 3.24. The molecule has 0 spiro atoms. The molecule has 0 atom stereocenters. The molecule has 90 valence electrons. The molecule has 1 aromatic heterocycles. The first kappa shape index (κ1) is 12.1. The highest BCUT2D eigenvalue weighted by Crippen LogP contribution is 2.22. The van der Waals surface area contributed by atoms with E-state index in [1.807, 2.05) is 6.07 Å². The second kappa shape index (κ2) is 5.28. The summed E-state index contributed by atoms with van der Waals surface area (Å²) in [5.74, 6) is 0. The SMILES string of the molecule is CCCNCc1c(C)c(C)nc2ccccc12. The first-order valence-electron chi connectivity index (χ1n) is 6.29. The molecule has 17 heavy (non-hydrogen) atoms. The molecule has 0 aliphatic carbocycles. The molecule has 0 bridgehead atoms. The molecular formula is C15H20N2. The standard InChI is InChI=1S/C15H20N2/c1-4-9-16-10-14-11(2)12(3)17-15-8-6-5-7-13(14)15/h5-8,16H,4,9-10H2,1-3H3. The van der Waals surface area contributed by atoms with E-state index in [-0.39, 0.29) is 0 Å². The van der Waals surface area contributed by atoms with E-state index in [0.717, 1.165) is 24.3 Å². The Balaban J connectivity index is 2.46. The second-order valence-electron chi connectivity index (χ2n) is 4.49. The normalized spacial score (nSPS) is 11.0. The Morgan fingerprint density at radius 1 is 1.18 bits per heavy atom. The van der Waals surface area contributed by atoms with Crippen molar-refractivity contribution in [3.63, 3.8) is 0 Å². The monoisotopic (exact) mass is 228 g/mol. The smallest absolute Gasteiger partial charge is 0.0708 e. The van der Waals surface area contributed by atoms with E-state index in [2.05, 4.69) is 49.3 Å². The molecule has 2 rings (SSSR count). The lowest BCUT2D eigenvalue weighted by Gasteiger charge is -2.13. The van der Waals surface area contributed by atoms with Gasteiger partial charge in [0.2, 0.25) is 0 Å². The van der Waals surface area contributed by atoms with Crippen LogP contribution < -0.4 is 5.32 Å². The minimum Gasteiger partial charge on any atom is -0.313 e. The molecule has 1 N–H and O–H groups in total. The van der Waals surface area contributed by atoms with Crippen LogP contribution in [0.1, 0.15) is 30.2 Å². The molecule has 1 heterocycles. The number of nitrogens with zero attached hydrogens (tertiary/aromatic N) is 1. The van der Waals surface area contributed by atoms with E-state index >= 15 is 0 Å². The van der Waals surface area contributed by atoms with Crippen molar-refractivity contribution in [1.29, 1.82) is 0 Å². The molecule has 0 saturated heterocycles. The number of benzene rings is 1. The molecule has 0 saturated carbocycles. The van der Waals surface area contributed by atoms with Crippen molar-refractivity contribution in [1.82, 2.24) is 10.3 Å². The van der Waals surface area contributed by atoms with Crippen LogP contribution in [0.3, 0.4) is 0 Å². The highest BCUT2D eigenvalue weighted by molar-refractivity contribution is 5.83. The van der Waals surface area contributed by atoms with Gasteiger partial charge in [-0.1, -0.05) is 25.1 Å². The van der Waals surface area contributed by atoms with Crippen molar-refractivity contribution in [2.75, 3.05) is 6.54 Å². The zero-order valence-electron chi connectivity index (χ0n) is 10.9. The van der Waals surface area contributed by atoms with Gasteiger partial charge >= 0.3 is 0 Å². The lowest BCUT2D eigenvalue weighted by Crippen LogP contribution is -2.15. The molecule has 0 aliphatic rings. The third-order valence-electron chi connectivity index (χ3n) is 3.24. The Hall–Kier alpha value is -1.41. The fourth-order valence-corrected chi connectivity index (χ4v) is 2.13. The molecular weight excluding hydrogens is 208 g/mol. The summed E-state index contributed by atoms with van der Waals surface area (Å²) >= 11 is 0. The van der Waals surface area contributed by atoms with Crippen LogP contribution in [0.25, 0.3) is 10.9 Å². The predicted octanol–water partition coefficient (Wildman–Crippen LogP) is 3.35. The Morgan fingerprint density at radius 3 is 2.71 bits per heavy atom. The highest BCUT2D eigenvalue weighted by atomic mass is 14.8. The fourth-order valence-electron chi connectivity index (χ4n) is 2.13. The summed E-state index contributed by atoms with van der Waals surface area (Å²) in [7, 11) is 0. The number of hydrogen-bond acceptors (Lipinski definition) is 2. The minimum atomic E-state index is 0.934. The zero-order valence-corrected chi connectivity index (χ0v) is 10.9. The van der Waals surface area contributed by atoms with Gasteiger partial charge in [-0.05, 0) is 44.0 Å². The summed E-state index contributed by atoms with van der Waals surface area (Å²) in [5.41, 5.74) is 4.94. The lowest BCUT2D eigenvalue weighted by atomic mass is 10.0. The summed E-state index contributed by atoms with van der Waals surface area (Å²) in [6, 6.07) is 8.39. The summed E-state index contributed by atoms with van der Waals surface area (Å²) in [6.45, 7) is 8.44.